The predicted octanol–water partition coefficient (Wildman–Crippen LogP) is 1.40. The Kier molecular flexibility index (Phi) is 3.62. The third kappa shape index (κ3) is 4.09. The lowest BCUT2D eigenvalue weighted by Gasteiger charge is -2.03. The van der Waals surface area contributed by atoms with Crippen molar-refractivity contribution in [2.75, 3.05) is 5.32 Å². The van der Waals surface area contributed by atoms with Crippen LogP contribution in [0.15, 0.2) is 36.9 Å². The SMILES string of the molecule is C=CC(=O)Nc1ccc(OS(=O)(=O)F)cc1. The largest absolute Gasteiger partial charge is 0.488 e. The number of benzene rings is 1. The van der Waals surface area contributed by atoms with Crippen LogP contribution in [0.4, 0.5) is 9.57 Å². The Morgan fingerprint density at radius 1 is 1.38 bits per heavy atom. The summed E-state index contributed by atoms with van der Waals surface area (Å²) in [6.07, 6.45) is 1.08. The van der Waals surface area contributed by atoms with Crippen LogP contribution in [0.3, 0.4) is 0 Å². The second-order valence-corrected chi connectivity index (χ2v) is 3.65. The van der Waals surface area contributed by atoms with Gasteiger partial charge in [0.2, 0.25) is 5.91 Å². The molecular weight excluding hydrogens is 237 g/mol. The van der Waals surface area contributed by atoms with Crippen molar-refractivity contribution in [2.24, 2.45) is 0 Å². The van der Waals surface area contributed by atoms with Crippen LogP contribution in [-0.4, -0.2) is 14.3 Å². The molecule has 0 aliphatic carbocycles. The van der Waals surface area contributed by atoms with Gasteiger partial charge in [-0.15, -0.1) is 0 Å². The molecule has 0 aliphatic rings. The van der Waals surface area contributed by atoms with Crippen molar-refractivity contribution >= 4 is 22.1 Å². The number of rotatable bonds is 4. The van der Waals surface area contributed by atoms with E-state index in [1.807, 2.05) is 0 Å². The second kappa shape index (κ2) is 4.75. The molecule has 0 fully saturated rings. The first-order valence-electron chi connectivity index (χ1n) is 4.08. The number of amides is 1. The molecule has 1 N–H and O–H groups in total. The molecule has 1 rings (SSSR count). The molecule has 86 valence electrons. The van der Waals surface area contributed by atoms with Gasteiger partial charge in [0.05, 0.1) is 0 Å². The fraction of sp³-hybridized carbons (Fsp3) is 0. The number of hydrogen-bond donors (Lipinski definition) is 1. The molecule has 0 spiro atoms. The van der Waals surface area contributed by atoms with Gasteiger partial charge in [0.15, 0.2) is 0 Å². The maximum absolute atomic E-state index is 12.1. The van der Waals surface area contributed by atoms with E-state index in [0.29, 0.717) is 5.69 Å². The van der Waals surface area contributed by atoms with Crippen molar-refractivity contribution in [1.82, 2.24) is 0 Å². The summed E-state index contributed by atoms with van der Waals surface area (Å²) in [6, 6.07) is 5.13. The first-order valence-corrected chi connectivity index (χ1v) is 5.39. The number of nitrogens with one attached hydrogen (secondary N) is 1. The van der Waals surface area contributed by atoms with Gasteiger partial charge in [-0.25, -0.2) is 0 Å². The first-order chi connectivity index (χ1) is 7.40. The molecule has 0 unspecified atom stereocenters. The van der Waals surface area contributed by atoms with Gasteiger partial charge in [0.25, 0.3) is 0 Å². The van der Waals surface area contributed by atoms with E-state index in [-0.39, 0.29) is 5.75 Å². The van der Waals surface area contributed by atoms with E-state index in [9.17, 15) is 17.1 Å². The highest BCUT2D eigenvalue weighted by atomic mass is 32.3. The predicted molar refractivity (Wildman–Crippen MR) is 55.9 cm³/mol. The van der Waals surface area contributed by atoms with Crippen molar-refractivity contribution in [2.45, 2.75) is 0 Å². The normalized spacial score (nSPS) is 10.6. The topological polar surface area (TPSA) is 72.5 Å². The lowest BCUT2D eigenvalue weighted by molar-refractivity contribution is -0.111. The van der Waals surface area contributed by atoms with Gasteiger partial charge in [-0.2, -0.15) is 8.42 Å². The summed E-state index contributed by atoms with van der Waals surface area (Å²) in [6.45, 7) is 3.26. The van der Waals surface area contributed by atoms with E-state index in [0.717, 1.165) is 6.08 Å². The fourth-order valence-electron chi connectivity index (χ4n) is 0.902. The summed E-state index contributed by atoms with van der Waals surface area (Å²) in [4.78, 5) is 10.9. The number of carbonyl (C=O) groups excluding carboxylic acids is 1. The summed E-state index contributed by atoms with van der Waals surface area (Å²) < 4.78 is 36.3. The molecule has 0 radical (unpaired) electrons. The van der Waals surface area contributed by atoms with Crippen molar-refractivity contribution in [3.63, 3.8) is 0 Å². The third-order valence-corrected chi connectivity index (χ3v) is 1.89. The first kappa shape index (κ1) is 12.2. The average molecular weight is 245 g/mol. The molecule has 0 bridgehead atoms. The summed E-state index contributed by atoms with van der Waals surface area (Å²) in [5, 5.41) is 2.43. The van der Waals surface area contributed by atoms with Crippen LogP contribution in [0.2, 0.25) is 0 Å². The number of anilines is 1. The Bertz CT molecular complexity index is 495. The van der Waals surface area contributed by atoms with Gasteiger partial charge >= 0.3 is 10.5 Å². The smallest absolute Gasteiger partial charge is 0.358 e. The quantitative estimate of drug-likeness (QED) is 0.643. The Morgan fingerprint density at radius 3 is 2.38 bits per heavy atom. The van der Waals surface area contributed by atoms with Gasteiger partial charge in [-0.05, 0) is 30.3 Å². The third-order valence-electron chi connectivity index (χ3n) is 1.50. The van der Waals surface area contributed by atoms with E-state index in [4.69, 9.17) is 0 Å². The Labute approximate surface area is 92.0 Å². The molecule has 1 amide bonds. The van der Waals surface area contributed by atoms with Gasteiger partial charge in [-0.3, -0.25) is 4.79 Å². The molecule has 0 saturated carbocycles. The van der Waals surface area contributed by atoms with Gasteiger partial charge in [0, 0.05) is 5.69 Å². The van der Waals surface area contributed by atoms with E-state index in [2.05, 4.69) is 16.1 Å². The van der Waals surface area contributed by atoms with Crippen molar-refractivity contribution in [3.05, 3.63) is 36.9 Å². The summed E-state index contributed by atoms with van der Waals surface area (Å²) in [5.41, 5.74) is 0.411. The zero-order valence-electron chi connectivity index (χ0n) is 8.01. The molecule has 16 heavy (non-hydrogen) atoms. The highest BCUT2D eigenvalue weighted by Crippen LogP contribution is 2.17. The average Bonchev–Trinajstić information content (AvgIpc) is 2.18. The van der Waals surface area contributed by atoms with Crippen molar-refractivity contribution in [1.29, 1.82) is 0 Å². The van der Waals surface area contributed by atoms with Gasteiger partial charge in [0.1, 0.15) is 5.75 Å². The van der Waals surface area contributed by atoms with Crippen molar-refractivity contribution in [3.8, 4) is 5.75 Å². The lowest BCUT2D eigenvalue weighted by atomic mass is 10.3. The van der Waals surface area contributed by atoms with E-state index < -0.39 is 16.4 Å². The van der Waals surface area contributed by atoms with E-state index in [1.54, 1.807) is 0 Å². The molecule has 7 heteroatoms. The number of hydrogen-bond acceptors (Lipinski definition) is 4. The number of halogens is 1. The molecule has 5 nitrogen and oxygen atoms in total. The van der Waals surface area contributed by atoms with Gasteiger partial charge < -0.3 is 9.50 Å². The molecule has 0 atom stereocenters. The Morgan fingerprint density at radius 2 is 1.94 bits per heavy atom. The van der Waals surface area contributed by atoms with Crippen LogP contribution in [0.5, 0.6) is 5.75 Å². The molecular formula is C9H8FNO4S. The summed E-state index contributed by atoms with van der Waals surface area (Å²) >= 11 is 0. The summed E-state index contributed by atoms with van der Waals surface area (Å²) in [5.74, 6) is -0.592. The molecule has 0 aromatic heterocycles. The Balaban J connectivity index is 2.75. The molecule has 0 heterocycles. The van der Waals surface area contributed by atoms with Crippen LogP contribution in [0, 0.1) is 0 Å². The number of carbonyl (C=O) groups is 1. The molecule has 0 saturated heterocycles. The summed E-state index contributed by atoms with van der Waals surface area (Å²) in [7, 11) is -5.02. The lowest BCUT2D eigenvalue weighted by Crippen LogP contribution is -2.07. The van der Waals surface area contributed by atoms with Gasteiger partial charge in [-0.1, -0.05) is 10.5 Å². The molecule has 0 aliphatic heterocycles. The Hall–Kier alpha value is -1.89. The second-order valence-electron chi connectivity index (χ2n) is 2.69. The van der Waals surface area contributed by atoms with Crippen LogP contribution in [0.25, 0.3) is 0 Å². The monoisotopic (exact) mass is 245 g/mol. The molecule has 1 aromatic carbocycles. The molecule has 1 aromatic rings. The van der Waals surface area contributed by atoms with E-state index >= 15 is 0 Å². The van der Waals surface area contributed by atoms with Crippen LogP contribution in [0.1, 0.15) is 0 Å². The van der Waals surface area contributed by atoms with Crippen LogP contribution >= 0.6 is 0 Å². The zero-order valence-corrected chi connectivity index (χ0v) is 8.83. The fourth-order valence-corrected chi connectivity index (χ4v) is 1.24. The minimum Gasteiger partial charge on any atom is -0.358 e. The van der Waals surface area contributed by atoms with Crippen LogP contribution in [-0.2, 0) is 15.3 Å². The minimum absolute atomic E-state index is 0.181. The maximum atomic E-state index is 12.1. The van der Waals surface area contributed by atoms with Crippen LogP contribution < -0.4 is 9.50 Å². The maximum Gasteiger partial charge on any atom is 0.488 e. The van der Waals surface area contributed by atoms with Crippen molar-refractivity contribution < 1.29 is 21.3 Å². The minimum atomic E-state index is -5.02. The standard InChI is InChI=1S/C9H8FNO4S/c1-2-9(12)11-7-3-5-8(6-4-7)15-16(10,13)14/h2-6H,1H2,(H,11,12). The highest BCUT2D eigenvalue weighted by molar-refractivity contribution is 7.81. The highest BCUT2D eigenvalue weighted by Gasteiger charge is 2.09. The van der Waals surface area contributed by atoms with E-state index in [1.165, 1.54) is 24.3 Å². The zero-order chi connectivity index (χ0) is 12.2.